The van der Waals surface area contributed by atoms with Gasteiger partial charge in [-0.3, -0.25) is 9.59 Å². The second-order valence-corrected chi connectivity index (χ2v) is 6.91. The van der Waals surface area contributed by atoms with Crippen LogP contribution < -0.4 is 4.74 Å². The third-order valence-corrected chi connectivity index (χ3v) is 4.61. The van der Waals surface area contributed by atoms with Crippen LogP contribution in [0.5, 0.6) is 5.75 Å². The van der Waals surface area contributed by atoms with Gasteiger partial charge < -0.3 is 14.7 Å². The van der Waals surface area contributed by atoms with Gasteiger partial charge in [-0.05, 0) is 32.3 Å². The highest BCUT2D eigenvalue weighted by Gasteiger charge is 2.40. The monoisotopic (exact) mass is 319 g/mol. The average molecular weight is 319 g/mol. The maximum atomic E-state index is 13.1. The fourth-order valence-corrected chi connectivity index (χ4v) is 3.37. The molecule has 1 amide bonds. The van der Waals surface area contributed by atoms with E-state index < -0.39 is 17.3 Å². The van der Waals surface area contributed by atoms with E-state index in [1.807, 2.05) is 45.0 Å². The second-order valence-electron chi connectivity index (χ2n) is 6.91. The van der Waals surface area contributed by atoms with Crippen LogP contribution in [0, 0.1) is 11.8 Å². The first-order chi connectivity index (χ1) is 10.8. The van der Waals surface area contributed by atoms with E-state index in [1.54, 1.807) is 12.0 Å². The Morgan fingerprint density at radius 3 is 2.52 bits per heavy atom. The van der Waals surface area contributed by atoms with Gasteiger partial charge in [0, 0.05) is 18.7 Å². The molecule has 2 unspecified atom stereocenters. The Labute approximate surface area is 137 Å². The zero-order valence-electron chi connectivity index (χ0n) is 14.2. The molecule has 1 aliphatic heterocycles. The van der Waals surface area contributed by atoms with Crippen molar-refractivity contribution < 1.29 is 19.4 Å². The minimum Gasteiger partial charge on any atom is -0.496 e. The summed E-state index contributed by atoms with van der Waals surface area (Å²) in [6.45, 7) is 6.59. The summed E-state index contributed by atoms with van der Waals surface area (Å²) in [5.74, 6) is -0.520. The number of benzene rings is 1. The number of aliphatic carboxylic acids is 1. The van der Waals surface area contributed by atoms with Gasteiger partial charge in [-0.25, -0.2) is 0 Å². The molecule has 0 aliphatic carbocycles. The normalized spacial score (nSPS) is 21.8. The Balaban J connectivity index is 2.28. The average Bonchev–Trinajstić information content (AvgIpc) is 2.53. The van der Waals surface area contributed by atoms with Crippen LogP contribution in [0.1, 0.15) is 32.8 Å². The number of para-hydroxylation sites is 1. The molecule has 1 heterocycles. The molecular weight excluding hydrogens is 294 g/mol. The first kappa shape index (κ1) is 17.3. The Bertz CT molecular complexity index is 596. The molecular formula is C18H25NO4. The van der Waals surface area contributed by atoms with E-state index in [-0.39, 0.29) is 18.4 Å². The smallest absolute Gasteiger partial charge is 0.308 e. The minimum absolute atomic E-state index is 0.0557. The third kappa shape index (κ3) is 3.49. The quantitative estimate of drug-likeness (QED) is 0.926. The van der Waals surface area contributed by atoms with Gasteiger partial charge in [0.25, 0.3) is 0 Å². The molecule has 1 saturated heterocycles. The molecule has 1 aromatic carbocycles. The van der Waals surface area contributed by atoms with Crippen LogP contribution in [0.25, 0.3) is 0 Å². The van der Waals surface area contributed by atoms with Crippen molar-refractivity contribution in [3.8, 4) is 5.75 Å². The number of carbonyl (C=O) groups excluding carboxylic acids is 1. The molecule has 0 spiro atoms. The van der Waals surface area contributed by atoms with Crippen molar-refractivity contribution in [3.05, 3.63) is 29.8 Å². The molecule has 2 rings (SSSR count). The van der Waals surface area contributed by atoms with Crippen molar-refractivity contribution >= 4 is 11.9 Å². The van der Waals surface area contributed by atoms with Gasteiger partial charge in [0.1, 0.15) is 5.75 Å². The fraction of sp³-hybridized carbons (Fsp3) is 0.556. The zero-order valence-corrected chi connectivity index (χ0v) is 14.2. The maximum Gasteiger partial charge on any atom is 0.308 e. The highest BCUT2D eigenvalue weighted by molar-refractivity contribution is 5.88. The summed E-state index contributed by atoms with van der Waals surface area (Å²) < 4.78 is 5.38. The van der Waals surface area contributed by atoms with Crippen molar-refractivity contribution in [2.45, 2.75) is 32.6 Å². The van der Waals surface area contributed by atoms with Gasteiger partial charge in [0.05, 0.1) is 18.4 Å². The van der Waals surface area contributed by atoms with Crippen LogP contribution in [-0.2, 0) is 15.0 Å². The number of nitrogens with zero attached hydrogens (tertiary/aromatic N) is 1. The number of carboxylic acid groups (broad SMARTS) is 1. The molecule has 126 valence electrons. The van der Waals surface area contributed by atoms with E-state index in [2.05, 4.69) is 0 Å². The third-order valence-electron chi connectivity index (χ3n) is 4.61. The zero-order chi connectivity index (χ0) is 17.2. The molecule has 0 radical (unpaired) electrons. The van der Waals surface area contributed by atoms with E-state index in [0.29, 0.717) is 18.7 Å². The van der Waals surface area contributed by atoms with E-state index in [1.165, 1.54) is 0 Å². The number of methoxy groups -OCH3 is 1. The number of amides is 1. The van der Waals surface area contributed by atoms with Crippen molar-refractivity contribution in [1.82, 2.24) is 4.90 Å². The lowest BCUT2D eigenvalue weighted by Gasteiger charge is -2.39. The van der Waals surface area contributed by atoms with E-state index in [4.69, 9.17) is 4.74 Å². The number of rotatable bonds is 4. The lowest BCUT2D eigenvalue weighted by molar-refractivity contribution is -0.148. The standard InChI is InChI=1S/C18H25NO4/c1-12-9-13(16(20)21)11-19(10-12)17(22)18(2,3)14-7-5-6-8-15(14)23-4/h5-8,12-13H,9-11H2,1-4H3,(H,20,21). The minimum atomic E-state index is -0.829. The van der Waals surface area contributed by atoms with E-state index >= 15 is 0 Å². The van der Waals surface area contributed by atoms with Crippen LogP contribution >= 0.6 is 0 Å². The molecule has 0 saturated carbocycles. The SMILES string of the molecule is COc1ccccc1C(C)(C)C(=O)N1CC(C)CC(C(=O)O)C1. The Morgan fingerprint density at radius 2 is 1.91 bits per heavy atom. The summed E-state index contributed by atoms with van der Waals surface area (Å²) in [5.41, 5.74) is 0.0461. The van der Waals surface area contributed by atoms with Crippen LogP contribution in [0.3, 0.4) is 0 Å². The fourth-order valence-electron chi connectivity index (χ4n) is 3.37. The van der Waals surface area contributed by atoms with Crippen molar-refractivity contribution in [2.75, 3.05) is 20.2 Å². The van der Waals surface area contributed by atoms with Crippen LogP contribution in [0.15, 0.2) is 24.3 Å². The topological polar surface area (TPSA) is 66.8 Å². The summed E-state index contributed by atoms with van der Waals surface area (Å²) in [4.78, 5) is 26.1. The summed E-state index contributed by atoms with van der Waals surface area (Å²) in [7, 11) is 1.59. The molecule has 0 aromatic heterocycles. The Morgan fingerprint density at radius 1 is 1.26 bits per heavy atom. The number of piperidine rings is 1. The molecule has 23 heavy (non-hydrogen) atoms. The van der Waals surface area contributed by atoms with Crippen molar-refractivity contribution in [3.63, 3.8) is 0 Å². The lowest BCUT2D eigenvalue weighted by Crippen LogP contribution is -2.51. The highest BCUT2D eigenvalue weighted by atomic mass is 16.5. The largest absolute Gasteiger partial charge is 0.496 e. The molecule has 1 aliphatic rings. The van der Waals surface area contributed by atoms with Crippen LogP contribution in [0.4, 0.5) is 0 Å². The predicted octanol–water partition coefficient (Wildman–Crippen LogP) is 2.54. The van der Waals surface area contributed by atoms with Gasteiger partial charge in [0.2, 0.25) is 5.91 Å². The first-order valence-corrected chi connectivity index (χ1v) is 7.93. The predicted molar refractivity (Wildman–Crippen MR) is 87.5 cm³/mol. The Kier molecular flexibility index (Phi) is 4.97. The number of likely N-dealkylation sites (tertiary alicyclic amines) is 1. The van der Waals surface area contributed by atoms with Gasteiger partial charge >= 0.3 is 5.97 Å². The molecule has 1 aromatic rings. The highest BCUT2D eigenvalue weighted by Crippen LogP contribution is 2.34. The summed E-state index contributed by atoms with van der Waals surface area (Å²) in [5, 5.41) is 9.30. The summed E-state index contributed by atoms with van der Waals surface area (Å²) in [6, 6.07) is 7.47. The van der Waals surface area contributed by atoms with Crippen LogP contribution in [0.2, 0.25) is 0 Å². The molecule has 0 bridgehead atoms. The van der Waals surface area contributed by atoms with Gasteiger partial charge in [0.15, 0.2) is 0 Å². The number of carboxylic acids is 1. The number of hydrogen-bond acceptors (Lipinski definition) is 3. The maximum absolute atomic E-state index is 13.1. The molecule has 1 fully saturated rings. The second kappa shape index (κ2) is 6.60. The lowest BCUT2D eigenvalue weighted by atomic mass is 9.80. The molecule has 5 nitrogen and oxygen atoms in total. The number of carbonyl (C=O) groups is 2. The summed E-state index contributed by atoms with van der Waals surface area (Å²) >= 11 is 0. The van der Waals surface area contributed by atoms with Crippen molar-refractivity contribution in [1.29, 1.82) is 0 Å². The van der Waals surface area contributed by atoms with Gasteiger partial charge in [-0.1, -0.05) is 25.1 Å². The van der Waals surface area contributed by atoms with Gasteiger partial charge in [-0.15, -0.1) is 0 Å². The van der Waals surface area contributed by atoms with Crippen LogP contribution in [-0.4, -0.2) is 42.1 Å². The Hall–Kier alpha value is -2.04. The molecule has 1 N–H and O–H groups in total. The number of ether oxygens (including phenoxy) is 1. The van der Waals surface area contributed by atoms with E-state index in [9.17, 15) is 14.7 Å². The molecule has 2 atom stereocenters. The van der Waals surface area contributed by atoms with Gasteiger partial charge in [-0.2, -0.15) is 0 Å². The van der Waals surface area contributed by atoms with E-state index in [0.717, 1.165) is 5.56 Å². The first-order valence-electron chi connectivity index (χ1n) is 7.93. The number of hydrogen-bond donors (Lipinski definition) is 1. The summed E-state index contributed by atoms with van der Waals surface area (Å²) in [6.07, 6.45) is 0.619. The van der Waals surface area contributed by atoms with Crippen molar-refractivity contribution in [2.24, 2.45) is 11.8 Å². The molecule has 5 heteroatoms.